The molecule has 0 aliphatic heterocycles. The van der Waals surface area contributed by atoms with Gasteiger partial charge in [0.2, 0.25) is 0 Å². The number of benzene rings is 1. The fourth-order valence-electron chi connectivity index (χ4n) is 1.61. The fourth-order valence-corrected chi connectivity index (χ4v) is 1.61. The summed E-state index contributed by atoms with van der Waals surface area (Å²) < 4.78 is 10.7. The second kappa shape index (κ2) is 5.91. The molecule has 2 aromatic rings. The molecule has 0 aliphatic carbocycles. The maximum Gasteiger partial charge on any atom is 0.142 e. The van der Waals surface area contributed by atoms with Crippen LogP contribution in [0.3, 0.4) is 0 Å². The van der Waals surface area contributed by atoms with E-state index >= 15 is 0 Å². The second-order valence-corrected chi connectivity index (χ2v) is 3.86. The predicted octanol–water partition coefficient (Wildman–Crippen LogP) is 2.29. The summed E-state index contributed by atoms with van der Waals surface area (Å²) in [7, 11) is 1.61. The van der Waals surface area contributed by atoms with E-state index in [9.17, 15) is 0 Å². The number of pyridine rings is 1. The normalized spacial score (nSPS) is 10.1. The highest BCUT2D eigenvalue weighted by Crippen LogP contribution is 2.26. The Labute approximate surface area is 106 Å². The van der Waals surface area contributed by atoms with E-state index in [1.54, 1.807) is 25.6 Å². The molecule has 1 aromatic carbocycles. The zero-order valence-corrected chi connectivity index (χ0v) is 10.3. The van der Waals surface area contributed by atoms with Gasteiger partial charge in [-0.3, -0.25) is 4.98 Å². The molecule has 18 heavy (non-hydrogen) atoms. The molecule has 0 amide bonds. The van der Waals surface area contributed by atoms with Gasteiger partial charge in [-0.1, -0.05) is 0 Å². The summed E-state index contributed by atoms with van der Waals surface area (Å²) in [5.74, 6) is 1.42. The van der Waals surface area contributed by atoms with Crippen molar-refractivity contribution in [2.24, 2.45) is 0 Å². The van der Waals surface area contributed by atoms with Crippen LogP contribution >= 0.6 is 0 Å². The SMILES string of the molecule is COc1ccc(OCCc2ccncc2)c(N)c1. The zero-order valence-electron chi connectivity index (χ0n) is 10.3. The first kappa shape index (κ1) is 12.2. The highest BCUT2D eigenvalue weighted by atomic mass is 16.5. The molecule has 1 heterocycles. The lowest BCUT2D eigenvalue weighted by Crippen LogP contribution is -2.03. The van der Waals surface area contributed by atoms with E-state index in [1.807, 2.05) is 24.3 Å². The number of methoxy groups -OCH3 is 1. The van der Waals surface area contributed by atoms with Crippen LogP contribution in [0.1, 0.15) is 5.56 Å². The van der Waals surface area contributed by atoms with Crippen molar-refractivity contribution >= 4 is 5.69 Å². The molecule has 2 rings (SSSR count). The number of nitrogen functional groups attached to an aromatic ring is 1. The highest BCUT2D eigenvalue weighted by Gasteiger charge is 2.02. The number of nitrogens with two attached hydrogens (primary N) is 1. The minimum atomic E-state index is 0.584. The first-order valence-electron chi connectivity index (χ1n) is 5.75. The minimum absolute atomic E-state index is 0.584. The molecule has 0 aliphatic rings. The molecule has 0 fully saturated rings. The molecular formula is C14H16N2O2. The summed E-state index contributed by atoms with van der Waals surface area (Å²) in [6.07, 6.45) is 4.38. The van der Waals surface area contributed by atoms with E-state index in [2.05, 4.69) is 4.98 Å². The van der Waals surface area contributed by atoms with Crippen molar-refractivity contribution in [3.05, 3.63) is 48.3 Å². The van der Waals surface area contributed by atoms with E-state index < -0.39 is 0 Å². The van der Waals surface area contributed by atoms with E-state index in [-0.39, 0.29) is 0 Å². The summed E-state index contributed by atoms with van der Waals surface area (Å²) in [6.45, 7) is 0.584. The Kier molecular flexibility index (Phi) is 4.02. The number of anilines is 1. The van der Waals surface area contributed by atoms with Crippen LogP contribution in [0.4, 0.5) is 5.69 Å². The largest absolute Gasteiger partial charge is 0.497 e. The van der Waals surface area contributed by atoms with Crippen LogP contribution in [0.15, 0.2) is 42.7 Å². The van der Waals surface area contributed by atoms with Crippen LogP contribution in [0.5, 0.6) is 11.5 Å². The van der Waals surface area contributed by atoms with E-state index in [4.69, 9.17) is 15.2 Å². The summed E-state index contributed by atoms with van der Waals surface area (Å²) in [5, 5.41) is 0. The Morgan fingerprint density at radius 3 is 2.61 bits per heavy atom. The highest BCUT2D eigenvalue weighted by molar-refractivity contribution is 5.56. The summed E-state index contributed by atoms with van der Waals surface area (Å²) in [4.78, 5) is 3.97. The summed E-state index contributed by atoms with van der Waals surface area (Å²) >= 11 is 0. The van der Waals surface area contributed by atoms with Gasteiger partial charge in [0.25, 0.3) is 0 Å². The molecule has 0 radical (unpaired) electrons. The maximum atomic E-state index is 5.86. The average Bonchev–Trinajstić information content (AvgIpc) is 2.42. The van der Waals surface area contributed by atoms with Crippen molar-refractivity contribution in [2.75, 3.05) is 19.5 Å². The number of rotatable bonds is 5. The molecule has 2 N–H and O–H groups in total. The standard InChI is InChI=1S/C14H16N2O2/c1-17-12-2-3-14(13(15)10-12)18-9-6-11-4-7-16-8-5-11/h2-5,7-8,10H,6,9,15H2,1H3. The third kappa shape index (κ3) is 3.13. The van der Waals surface area contributed by atoms with Gasteiger partial charge in [-0.05, 0) is 29.8 Å². The number of ether oxygens (including phenoxy) is 2. The van der Waals surface area contributed by atoms with Crippen LogP contribution in [0.2, 0.25) is 0 Å². The smallest absolute Gasteiger partial charge is 0.142 e. The monoisotopic (exact) mass is 244 g/mol. The van der Waals surface area contributed by atoms with Crippen molar-refractivity contribution in [1.29, 1.82) is 0 Å². The number of nitrogens with zero attached hydrogens (tertiary/aromatic N) is 1. The van der Waals surface area contributed by atoms with Crippen molar-refractivity contribution in [1.82, 2.24) is 4.98 Å². The molecule has 0 atom stereocenters. The maximum absolute atomic E-state index is 5.86. The number of hydrogen-bond donors (Lipinski definition) is 1. The van der Waals surface area contributed by atoms with Gasteiger partial charge in [-0.2, -0.15) is 0 Å². The molecule has 0 unspecified atom stereocenters. The second-order valence-electron chi connectivity index (χ2n) is 3.86. The lowest BCUT2D eigenvalue weighted by atomic mass is 10.2. The van der Waals surface area contributed by atoms with Crippen LogP contribution in [-0.2, 0) is 6.42 Å². The van der Waals surface area contributed by atoms with Crippen molar-refractivity contribution in [3.8, 4) is 11.5 Å². The van der Waals surface area contributed by atoms with Crippen LogP contribution < -0.4 is 15.2 Å². The minimum Gasteiger partial charge on any atom is -0.497 e. The average molecular weight is 244 g/mol. The molecule has 0 saturated carbocycles. The van der Waals surface area contributed by atoms with Gasteiger partial charge in [0.1, 0.15) is 11.5 Å². The van der Waals surface area contributed by atoms with Gasteiger partial charge < -0.3 is 15.2 Å². The zero-order chi connectivity index (χ0) is 12.8. The Bertz CT molecular complexity index is 500. The first-order valence-corrected chi connectivity index (χ1v) is 5.75. The molecule has 94 valence electrons. The Morgan fingerprint density at radius 2 is 1.94 bits per heavy atom. The van der Waals surface area contributed by atoms with Gasteiger partial charge >= 0.3 is 0 Å². The lowest BCUT2D eigenvalue weighted by molar-refractivity contribution is 0.323. The number of aromatic nitrogens is 1. The van der Waals surface area contributed by atoms with Gasteiger partial charge in [0.15, 0.2) is 0 Å². The van der Waals surface area contributed by atoms with Crippen LogP contribution in [0, 0.1) is 0 Å². The van der Waals surface area contributed by atoms with Gasteiger partial charge in [-0.25, -0.2) is 0 Å². The lowest BCUT2D eigenvalue weighted by Gasteiger charge is -2.10. The van der Waals surface area contributed by atoms with Crippen LogP contribution in [0.25, 0.3) is 0 Å². The summed E-state index contributed by atoms with van der Waals surface area (Å²) in [5.41, 5.74) is 7.64. The molecule has 4 nitrogen and oxygen atoms in total. The molecule has 4 heteroatoms. The van der Waals surface area contributed by atoms with Crippen LogP contribution in [-0.4, -0.2) is 18.7 Å². The Balaban J connectivity index is 1.91. The molecule has 0 spiro atoms. The van der Waals surface area contributed by atoms with Crippen molar-refractivity contribution in [3.63, 3.8) is 0 Å². The first-order chi connectivity index (χ1) is 8.79. The third-order valence-corrected chi connectivity index (χ3v) is 2.61. The third-order valence-electron chi connectivity index (χ3n) is 2.61. The molecular weight excluding hydrogens is 228 g/mol. The van der Waals surface area contributed by atoms with E-state index in [1.165, 1.54) is 5.56 Å². The van der Waals surface area contributed by atoms with E-state index in [0.29, 0.717) is 18.0 Å². The molecule has 0 bridgehead atoms. The van der Waals surface area contributed by atoms with Gasteiger partial charge in [0, 0.05) is 24.9 Å². The van der Waals surface area contributed by atoms with Gasteiger partial charge in [-0.15, -0.1) is 0 Å². The fraction of sp³-hybridized carbons (Fsp3) is 0.214. The summed E-state index contributed by atoms with van der Waals surface area (Å²) in [6, 6.07) is 9.35. The molecule has 0 saturated heterocycles. The predicted molar refractivity (Wildman–Crippen MR) is 70.8 cm³/mol. The Morgan fingerprint density at radius 1 is 1.17 bits per heavy atom. The quantitative estimate of drug-likeness (QED) is 0.820. The topological polar surface area (TPSA) is 57.4 Å². The van der Waals surface area contributed by atoms with Crippen molar-refractivity contribution < 1.29 is 9.47 Å². The van der Waals surface area contributed by atoms with Gasteiger partial charge in [0.05, 0.1) is 19.4 Å². The van der Waals surface area contributed by atoms with E-state index in [0.717, 1.165) is 12.2 Å². The van der Waals surface area contributed by atoms with Crippen molar-refractivity contribution in [2.45, 2.75) is 6.42 Å². The number of hydrogen-bond acceptors (Lipinski definition) is 4. The molecule has 1 aromatic heterocycles. The Hall–Kier alpha value is -2.23.